The maximum Gasteiger partial charge on any atom is 0.333 e. The molecule has 0 aromatic rings. The zero-order valence-electron chi connectivity index (χ0n) is 8.12. The molecule has 0 unspecified atom stereocenters. The second kappa shape index (κ2) is 6.22. The fraction of sp³-hybridized carbons (Fsp3) is 0.556. The van der Waals surface area contributed by atoms with Crippen molar-refractivity contribution in [2.45, 2.75) is 19.8 Å². The summed E-state index contributed by atoms with van der Waals surface area (Å²) in [5.74, 6) is -0.919. The molecule has 0 aliphatic carbocycles. The van der Waals surface area contributed by atoms with Gasteiger partial charge in [-0.2, -0.15) is 0 Å². The number of rotatable bonds is 4. The van der Waals surface area contributed by atoms with Crippen LogP contribution in [0.2, 0.25) is 0 Å². The van der Waals surface area contributed by atoms with E-state index in [0.29, 0.717) is 12.0 Å². The number of hydrogen-bond acceptors (Lipinski definition) is 4. The van der Waals surface area contributed by atoms with E-state index < -0.39 is 11.9 Å². The Labute approximate surface area is 77.5 Å². The quantitative estimate of drug-likeness (QED) is 0.486. The van der Waals surface area contributed by atoms with E-state index >= 15 is 0 Å². The van der Waals surface area contributed by atoms with E-state index in [2.05, 4.69) is 9.47 Å². The summed E-state index contributed by atoms with van der Waals surface area (Å²) in [5.41, 5.74) is 0.344. The van der Waals surface area contributed by atoms with Gasteiger partial charge in [-0.3, -0.25) is 4.79 Å². The summed E-state index contributed by atoms with van der Waals surface area (Å²) in [6.45, 7) is 1.88. The van der Waals surface area contributed by atoms with E-state index in [1.807, 2.05) is 6.92 Å². The van der Waals surface area contributed by atoms with Crippen LogP contribution >= 0.6 is 0 Å². The Morgan fingerprint density at radius 1 is 1.23 bits per heavy atom. The zero-order chi connectivity index (χ0) is 10.3. The SMILES string of the molecule is CCC=C(CC(=O)OC)C(=O)OC. The highest BCUT2D eigenvalue weighted by Crippen LogP contribution is 2.06. The van der Waals surface area contributed by atoms with Crippen molar-refractivity contribution in [2.75, 3.05) is 14.2 Å². The highest BCUT2D eigenvalue weighted by atomic mass is 16.5. The van der Waals surface area contributed by atoms with Gasteiger partial charge in [0.1, 0.15) is 0 Å². The number of carbonyl (C=O) groups excluding carboxylic acids is 2. The molecule has 0 aliphatic rings. The molecule has 0 saturated heterocycles. The molecule has 0 rings (SSSR count). The van der Waals surface area contributed by atoms with Crippen molar-refractivity contribution in [1.82, 2.24) is 0 Å². The first kappa shape index (κ1) is 11.7. The third-order valence-corrected chi connectivity index (χ3v) is 1.46. The minimum Gasteiger partial charge on any atom is -0.469 e. The molecule has 4 nitrogen and oxygen atoms in total. The van der Waals surface area contributed by atoms with Crippen molar-refractivity contribution >= 4 is 11.9 Å². The van der Waals surface area contributed by atoms with E-state index in [1.165, 1.54) is 14.2 Å². The van der Waals surface area contributed by atoms with Gasteiger partial charge in [0, 0.05) is 5.57 Å². The van der Waals surface area contributed by atoms with Crippen LogP contribution in [0, 0.1) is 0 Å². The molecule has 0 aliphatic heterocycles. The Morgan fingerprint density at radius 2 is 1.85 bits per heavy atom. The molecule has 0 amide bonds. The predicted molar refractivity (Wildman–Crippen MR) is 47.0 cm³/mol. The molecular formula is C9H14O4. The number of methoxy groups -OCH3 is 2. The lowest BCUT2D eigenvalue weighted by Crippen LogP contribution is -2.10. The highest BCUT2D eigenvalue weighted by Gasteiger charge is 2.13. The first-order chi connectivity index (χ1) is 6.15. The van der Waals surface area contributed by atoms with Crippen LogP contribution in [0.1, 0.15) is 19.8 Å². The summed E-state index contributed by atoms with van der Waals surface area (Å²) in [6.07, 6.45) is 2.31. The summed E-state index contributed by atoms with van der Waals surface area (Å²) in [4.78, 5) is 21.9. The molecule has 0 radical (unpaired) electrons. The van der Waals surface area contributed by atoms with Crippen LogP contribution in [0.3, 0.4) is 0 Å². The van der Waals surface area contributed by atoms with Gasteiger partial charge in [0.25, 0.3) is 0 Å². The lowest BCUT2D eigenvalue weighted by molar-refractivity contribution is -0.143. The van der Waals surface area contributed by atoms with Gasteiger partial charge < -0.3 is 9.47 Å². The first-order valence-corrected chi connectivity index (χ1v) is 3.99. The van der Waals surface area contributed by atoms with Crippen molar-refractivity contribution < 1.29 is 19.1 Å². The molecule has 0 aromatic heterocycles. The van der Waals surface area contributed by atoms with Crippen molar-refractivity contribution in [1.29, 1.82) is 0 Å². The summed E-state index contributed by atoms with van der Waals surface area (Å²) in [6, 6.07) is 0. The Morgan fingerprint density at radius 3 is 2.23 bits per heavy atom. The molecule has 74 valence electrons. The summed E-state index contributed by atoms with van der Waals surface area (Å²) in [5, 5.41) is 0. The van der Waals surface area contributed by atoms with Crippen molar-refractivity contribution in [2.24, 2.45) is 0 Å². The van der Waals surface area contributed by atoms with E-state index in [-0.39, 0.29) is 6.42 Å². The van der Waals surface area contributed by atoms with Crippen LogP contribution in [-0.4, -0.2) is 26.2 Å². The van der Waals surface area contributed by atoms with E-state index in [1.54, 1.807) is 6.08 Å². The minimum absolute atomic E-state index is 0.0307. The largest absolute Gasteiger partial charge is 0.469 e. The molecule has 0 N–H and O–H groups in total. The number of esters is 2. The Balaban J connectivity index is 4.36. The van der Waals surface area contributed by atoms with Gasteiger partial charge in [-0.05, 0) is 6.42 Å². The van der Waals surface area contributed by atoms with Gasteiger partial charge >= 0.3 is 11.9 Å². The second-order valence-corrected chi connectivity index (χ2v) is 2.38. The standard InChI is InChI=1S/C9H14O4/c1-4-5-7(9(11)13-3)6-8(10)12-2/h5H,4,6H2,1-3H3. The molecule has 0 atom stereocenters. The van der Waals surface area contributed by atoms with Crippen LogP contribution in [0.5, 0.6) is 0 Å². The molecule has 0 bridgehead atoms. The van der Waals surface area contributed by atoms with E-state index in [9.17, 15) is 9.59 Å². The van der Waals surface area contributed by atoms with Crippen LogP contribution in [-0.2, 0) is 19.1 Å². The van der Waals surface area contributed by atoms with Crippen molar-refractivity contribution in [3.8, 4) is 0 Å². The third-order valence-electron chi connectivity index (χ3n) is 1.46. The van der Waals surface area contributed by atoms with E-state index in [4.69, 9.17) is 0 Å². The van der Waals surface area contributed by atoms with E-state index in [0.717, 1.165) is 0 Å². The molecular weight excluding hydrogens is 172 g/mol. The molecule has 0 fully saturated rings. The molecule has 13 heavy (non-hydrogen) atoms. The average molecular weight is 186 g/mol. The predicted octanol–water partition coefficient (Wildman–Crippen LogP) is 1.06. The number of ether oxygens (including phenoxy) is 2. The molecule has 0 aromatic carbocycles. The summed E-state index contributed by atoms with van der Waals surface area (Å²) >= 11 is 0. The van der Waals surface area contributed by atoms with Gasteiger partial charge in [0.05, 0.1) is 20.6 Å². The number of hydrogen-bond donors (Lipinski definition) is 0. The second-order valence-electron chi connectivity index (χ2n) is 2.38. The van der Waals surface area contributed by atoms with Gasteiger partial charge in [0.15, 0.2) is 0 Å². The zero-order valence-corrected chi connectivity index (χ0v) is 8.12. The maximum absolute atomic E-state index is 11.1. The lowest BCUT2D eigenvalue weighted by atomic mass is 10.1. The molecule has 0 spiro atoms. The fourth-order valence-corrected chi connectivity index (χ4v) is 0.833. The summed E-state index contributed by atoms with van der Waals surface area (Å²) < 4.78 is 8.93. The van der Waals surface area contributed by atoms with Crippen LogP contribution < -0.4 is 0 Å². The first-order valence-electron chi connectivity index (χ1n) is 3.99. The smallest absolute Gasteiger partial charge is 0.333 e. The third kappa shape index (κ3) is 4.30. The van der Waals surface area contributed by atoms with Gasteiger partial charge in [0.2, 0.25) is 0 Å². The van der Waals surface area contributed by atoms with Gasteiger partial charge in [-0.15, -0.1) is 0 Å². The Kier molecular flexibility index (Phi) is 5.59. The van der Waals surface area contributed by atoms with Gasteiger partial charge in [-0.1, -0.05) is 13.0 Å². The van der Waals surface area contributed by atoms with Crippen LogP contribution in [0.25, 0.3) is 0 Å². The monoisotopic (exact) mass is 186 g/mol. The molecule has 0 heterocycles. The van der Waals surface area contributed by atoms with Crippen molar-refractivity contribution in [3.05, 3.63) is 11.6 Å². The topological polar surface area (TPSA) is 52.6 Å². The number of carbonyl (C=O) groups is 2. The van der Waals surface area contributed by atoms with Crippen molar-refractivity contribution in [3.63, 3.8) is 0 Å². The highest BCUT2D eigenvalue weighted by molar-refractivity contribution is 5.93. The minimum atomic E-state index is -0.479. The molecule has 4 heteroatoms. The average Bonchev–Trinajstić information content (AvgIpc) is 2.15. The maximum atomic E-state index is 11.1. The van der Waals surface area contributed by atoms with Crippen LogP contribution in [0.4, 0.5) is 0 Å². The molecule has 0 saturated carbocycles. The lowest BCUT2D eigenvalue weighted by Gasteiger charge is -2.03. The number of allylic oxidation sites excluding steroid dienone is 1. The fourth-order valence-electron chi connectivity index (χ4n) is 0.833. The van der Waals surface area contributed by atoms with Gasteiger partial charge in [-0.25, -0.2) is 4.79 Å². The summed E-state index contributed by atoms with van der Waals surface area (Å²) in [7, 11) is 2.56. The normalized spacial score (nSPS) is 10.8. The van der Waals surface area contributed by atoms with Crippen LogP contribution in [0.15, 0.2) is 11.6 Å². The Bertz CT molecular complexity index is 218. The Hall–Kier alpha value is -1.32.